The standard InChI is InChI=1S/C16H24N2O.C9H12O2.C4H7NO3.2C4H10/c1-17-16-10-6-5-7-14(16)11-12-18(13-19)15-8-3-2-4-9-15;1-6-4-7(2)9(10)8(5-6)11-3;1-3(6)2-8-4(5)7;2*1-3-4-2/h5-7,10,13,15,17H,2-4,8-9,11-12H2,1H3;4-5,10H,1-3H3;2H2,1H3,(H2,5,7);2*3-4H2,1-2H3. The number of nitrogens with two attached hydrogens (primary N) is 1. The molecule has 0 aliphatic heterocycles. The van der Waals surface area contributed by atoms with E-state index >= 15 is 0 Å². The van der Waals surface area contributed by atoms with E-state index in [0.29, 0.717) is 11.8 Å². The number of Topliss-reactive ketones (excluding diaryl/α,β-unsaturated/α-hetero) is 1. The Kier molecular flexibility index (Phi) is 27.7. The lowest BCUT2D eigenvalue weighted by Crippen LogP contribution is -2.37. The van der Waals surface area contributed by atoms with Gasteiger partial charge in [0.05, 0.1) is 7.11 Å². The summed E-state index contributed by atoms with van der Waals surface area (Å²) in [6.07, 6.45) is 12.5. The van der Waals surface area contributed by atoms with Gasteiger partial charge in [-0.2, -0.15) is 0 Å². The summed E-state index contributed by atoms with van der Waals surface area (Å²) in [6, 6.07) is 12.5. The third-order valence-corrected chi connectivity index (χ3v) is 7.15. The van der Waals surface area contributed by atoms with Crippen molar-refractivity contribution in [3.63, 3.8) is 0 Å². The third kappa shape index (κ3) is 21.9. The lowest BCUT2D eigenvalue weighted by molar-refractivity contribution is -0.121. The van der Waals surface area contributed by atoms with Crippen LogP contribution in [0.4, 0.5) is 10.5 Å². The summed E-state index contributed by atoms with van der Waals surface area (Å²) in [6.45, 7) is 14.4. The molecule has 1 saturated carbocycles. The predicted molar refractivity (Wildman–Crippen MR) is 191 cm³/mol. The van der Waals surface area contributed by atoms with E-state index in [2.05, 4.69) is 61.7 Å². The molecule has 0 atom stereocenters. The van der Waals surface area contributed by atoms with Gasteiger partial charge in [-0.05, 0) is 68.9 Å². The number of carbonyl (C=O) groups excluding carboxylic acids is 3. The fourth-order valence-electron chi connectivity index (χ4n) is 4.22. The van der Waals surface area contributed by atoms with Crippen LogP contribution in [-0.4, -0.2) is 61.6 Å². The Bertz CT molecular complexity index is 1060. The minimum Gasteiger partial charge on any atom is -0.504 e. The maximum Gasteiger partial charge on any atom is 0.404 e. The van der Waals surface area contributed by atoms with Gasteiger partial charge in [-0.3, -0.25) is 9.59 Å². The van der Waals surface area contributed by atoms with Crippen LogP contribution in [-0.2, 0) is 20.7 Å². The molecule has 2 amide bonds. The first-order valence-corrected chi connectivity index (χ1v) is 16.7. The molecule has 0 saturated heterocycles. The molecule has 9 nitrogen and oxygen atoms in total. The van der Waals surface area contributed by atoms with Crippen LogP contribution in [0.15, 0.2) is 36.4 Å². The Morgan fingerprint density at radius 3 is 2.00 bits per heavy atom. The van der Waals surface area contributed by atoms with Crippen molar-refractivity contribution in [3.05, 3.63) is 53.1 Å². The maximum absolute atomic E-state index is 11.3. The number of anilines is 1. The average Bonchev–Trinajstić information content (AvgIpc) is 3.07. The number of nitrogens with zero attached hydrogens (tertiary/aromatic N) is 1. The molecule has 4 N–H and O–H groups in total. The van der Waals surface area contributed by atoms with Crippen LogP contribution in [0.2, 0.25) is 0 Å². The van der Waals surface area contributed by atoms with Crippen molar-refractivity contribution in [2.45, 2.75) is 119 Å². The number of aromatic hydroxyl groups is 1. The van der Waals surface area contributed by atoms with Crippen molar-refractivity contribution < 1.29 is 29.0 Å². The van der Waals surface area contributed by atoms with E-state index in [1.807, 2.05) is 44.0 Å². The summed E-state index contributed by atoms with van der Waals surface area (Å²) < 4.78 is 9.05. The number of para-hydroxylation sites is 1. The molecule has 46 heavy (non-hydrogen) atoms. The topological polar surface area (TPSA) is 131 Å². The number of rotatable bonds is 11. The first-order valence-electron chi connectivity index (χ1n) is 16.7. The van der Waals surface area contributed by atoms with Crippen LogP contribution in [0, 0.1) is 13.8 Å². The molecule has 1 aliphatic carbocycles. The molecule has 3 rings (SSSR count). The van der Waals surface area contributed by atoms with Crippen molar-refractivity contribution in [2.24, 2.45) is 5.73 Å². The Morgan fingerprint density at radius 1 is 1.00 bits per heavy atom. The smallest absolute Gasteiger partial charge is 0.404 e. The number of phenols is 1. The number of carbonyl (C=O) groups is 3. The monoisotopic (exact) mass is 645 g/mol. The summed E-state index contributed by atoms with van der Waals surface area (Å²) in [5.41, 5.74) is 8.92. The van der Waals surface area contributed by atoms with Gasteiger partial charge in [0.15, 0.2) is 23.9 Å². The molecule has 2 aromatic rings. The van der Waals surface area contributed by atoms with Crippen LogP contribution >= 0.6 is 0 Å². The van der Waals surface area contributed by atoms with Crippen molar-refractivity contribution in [3.8, 4) is 11.5 Å². The second-order valence-corrected chi connectivity index (χ2v) is 11.2. The molecular weight excluding hydrogens is 582 g/mol. The van der Waals surface area contributed by atoms with Gasteiger partial charge in [0.2, 0.25) is 6.41 Å². The van der Waals surface area contributed by atoms with Crippen molar-refractivity contribution in [2.75, 3.05) is 32.6 Å². The molecule has 9 heteroatoms. The molecule has 0 spiro atoms. The zero-order chi connectivity index (χ0) is 35.3. The van der Waals surface area contributed by atoms with Crippen LogP contribution in [0.5, 0.6) is 11.5 Å². The number of ketones is 1. The summed E-state index contributed by atoms with van der Waals surface area (Å²) >= 11 is 0. The Balaban J connectivity index is 0. The molecule has 1 aliphatic rings. The van der Waals surface area contributed by atoms with E-state index in [9.17, 15) is 19.5 Å². The highest BCUT2D eigenvalue weighted by atomic mass is 16.5. The van der Waals surface area contributed by atoms with Crippen molar-refractivity contribution in [1.82, 2.24) is 4.90 Å². The average molecular weight is 646 g/mol. The van der Waals surface area contributed by atoms with Gasteiger partial charge in [0.25, 0.3) is 0 Å². The molecule has 2 aromatic carbocycles. The molecule has 0 aromatic heterocycles. The molecule has 1 fully saturated rings. The fraction of sp³-hybridized carbons (Fsp3) is 0.595. The molecule has 0 unspecified atom stereocenters. The summed E-state index contributed by atoms with van der Waals surface area (Å²) in [4.78, 5) is 33.1. The summed E-state index contributed by atoms with van der Waals surface area (Å²) in [7, 11) is 3.49. The lowest BCUT2D eigenvalue weighted by Gasteiger charge is -2.31. The number of phenolic OH excluding ortho intramolecular Hbond substituents is 1. The number of hydrogen-bond acceptors (Lipinski definition) is 7. The van der Waals surface area contributed by atoms with Gasteiger partial charge in [-0.15, -0.1) is 0 Å². The summed E-state index contributed by atoms with van der Waals surface area (Å²) in [5.74, 6) is 0.560. The van der Waals surface area contributed by atoms with E-state index < -0.39 is 6.09 Å². The number of benzene rings is 2. The van der Waals surface area contributed by atoms with Crippen LogP contribution < -0.4 is 15.8 Å². The normalized spacial score (nSPS) is 11.7. The number of hydrogen-bond donors (Lipinski definition) is 3. The van der Waals surface area contributed by atoms with Crippen LogP contribution in [0.25, 0.3) is 0 Å². The Hall–Kier alpha value is -3.75. The largest absolute Gasteiger partial charge is 0.504 e. The third-order valence-electron chi connectivity index (χ3n) is 7.15. The van der Waals surface area contributed by atoms with E-state index in [0.717, 1.165) is 36.2 Å². The zero-order valence-corrected chi connectivity index (χ0v) is 30.1. The minimum absolute atomic E-state index is 0.219. The summed E-state index contributed by atoms with van der Waals surface area (Å²) in [5, 5.41) is 12.6. The van der Waals surface area contributed by atoms with Gasteiger partial charge in [-0.25, -0.2) is 4.79 Å². The molecular formula is C37H63N3O6. The number of amides is 2. The van der Waals surface area contributed by atoms with Crippen molar-refractivity contribution >= 4 is 24.0 Å². The molecule has 0 bridgehead atoms. The molecule has 262 valence electrons. The number of unbranched alkanes of at least 4 members (excludes halogenated alkanes) is 2. The van der Waals surface area contributed by atoms with Gasteiger partial charge >= 0.3 is 6.09 Å². The van der Waals surface area contributed by atoms with E-state index in [1.54, 1.807) is 7.11 Å². The predicted octanol–water partition coefficient (Wildman–Crippen LogP) is 8.36. The van der Waals surface area contributed by atoms with E-state index in [-0.39, 0.29) is 18.1 Å². The van der Waals surface area contributed by atoms with Gasteiger partial charge < -0.3 is 30.5 Å². The van der Waals surface area contributed by atoms with Gasteiger partial charge in [0.1, 0.15) is 0 Å². The number of primary amides is 1. The Labute approximate surface area is 279 Å². The number of nitrogens with one attached hydrogen (secondary N) is 1. The van der Waals surface area contributed by atoms with Gasteiger partial charge in [-0.1, -0.05) is 96.9 Å². The zero-order valence-electron chi connectivity index (χ0n) is 30.1. The fourth-order valence-corrected chi connectivity index (χ4v) is 4.22. The number of methoxy groups -OCH3 is 1. The molecule has 0 radical (unpaired) electrons. The van der Waals surface area contributed by atoms with Crippen LogP contribution in [0.1, 0.15) is 109 Å². The minimum atomic E-state index is -0.916. The van der Waals surface area contributed by atoms with Gasteiger partial charge in [0, 0.05) is 25.3 Å². The maximum atomic E-state index is 11.3. The second-order valence-electron chi connectivity index (χ2n) is 11.2. The molecule has 0 heterocycles. The SMILES string of the molecule is CC(=O)COC(N)=O.CCCC.CCCC.CNc1ccccc1CCN(C=O)C1CCCCC1.COc1cc(C)cc(C)c1O. The highest BCUT2D eigenvalue weighted by Crippen LogP contribution is 2.30. The Morgan fingerprint density at radius 2 is 1.57 bits per heavy atom. The second kappa shape index (κ2) is 28.7. The number of aryl methyl sites for hydroxylation is 2. The first-order chi connectivity index (χ1) is 21.9. The lowest BCUT2D eigenvalue weighted by atomic mass is 9.94. The van der Waals surface area contributed by atoms with Crippen LogP contribution in [0.3, 0.4) is 0 Å². The number of ether oxygens (including phenoxy) is 2. The highest BCUT2D eigenvalue weighted by molar-refractivity contribution is 5.79. The van der Waals surface area contributed by atoms with E-state index in [1.165, 1.54) is 70.3 Å². The quantitative estimate of drug-likeness (QED) is 0.209. The van der Waals surface area contributed by atoms with Crippen molar-refractivity contribution in [1.29, 1.82) is 0 Å². The highest BCUT2D eigenvalue weighted by Gasteiger charge is 2.19. The van der Waals surface area contributed by atoms with E-state index in [4.69, 9.17) is 4.74 Å². The first kappa shape index (κ1) is 44.4.